The number of thioether (sulfide) groups is 1. The number of fused-ring (bicyclic) bond motifs is 4. The number of amides is 2. The third-order valence-electron chi connectivity index (χ3n) is 5.53. The number of aromatic nitrogens is 1. The number of piperidine rings is 1. The Hall–Kier alpha value is -2.65. The molecule has 2 bridgehead atoms. The van der Waals surface area contributed by atoms with Crippen molar-refractivity contribution >= 4 is 45.8 Å². The molecule has 4 rings (SSSR count). The van der Waals surface area contributed by atoms with Crippen LogP contribution < -0.4 is 16.6 Å². The first-order chi connectivity index (χ1) is 14.4. The van der Waals surface area contributed by atoms with Gasteiger partial charge in [-0.15, -0.1) is 0 Å². The fourth-order valence-corrected chi connectivity index (χ4v) is 5.24. The third kappa shape index (κ3) is 4.27. The molecule has 0 radical (unpaired) electrons. The molecular weight excluding hydrogens is 420 g/mol. The SMILES string of the molecule is NC(=O)c1ccccc1NC(=O)CSC(=S)N1C[C@@H]2C[C@H](C1)c1cccc(=O)n1C2. The van der Waals surface area contributed by atoms with Gasteiger partial charge in [-0.3, -0.25) is 14.4 Å². The predicted molar refractivity (Wildman–Crippen MR) is 122 cm³/mol. The Morgan fingerprint density at radius 2 is 1.93 bits per heavy atom. The Kier molecular flexibility index (Phi) is 5.92. The fraction of sp³-hybridized carbons (Fsp3) is 0.333. The van der Waals surface area contributed by atoms with E-state index in [0.717, 1.165) is 25.2 Å². The largest absolute Gasteiger partial charge is 0.366 e. The Morgan fingerprint density at radius 1 is 1.13 bits per heavy atom. The molecule has 0 aliphatic carbocycles. The highest BCUT2D eigenvalue weighted by Gasteiger charge is 2.35. The van der Waals surface area contributed by atoms with Gasteiger partial charge >= 0.3 is 0 Å². The van der Waals surface area contributed by atoms with Crippen molar-refractivity contribution < 1.29 is 9.59 Å². The standard InChI is InChI=1S/C21H22N4O3S2/c22-20(28)15-4-1-2-5-16(15)23-18(26)12-30-21(29)24-9-13-8-14(11-24)17-6-3-7-19(27)25(17)10-13/h1-7,13-14H,8-12H2,(H2,22,28)(H,23,26)/t13-,14+/m0/s1. The van der Waals surface area contributed by atoms with Crippen molar-refractivity contribution in [1.82, 2.24) is 9.47 Å². The third-order valence-corrected chi connectivity index (χ3v) is 7.05. The van der Waals surface area contributed by atoms with Crippen molar-refractivity contribution in [2.75, 3.05) is 24.2 Å². The summed E-state index contributed by atoms with van der Waals surface area (Å²) < 4.78 is 2.56. The zero-order valence-corrected chi connectivity index (χ0v) is 17.9. The van der Waals surface area contributed by atoms with E-state index in [9.17, 15) is 14.4 Å². The van der Waals surface area contributed by atoms with E-state index < -0.39 is 5.91 Å². The van der Waals surface area contributed by atoms with Gasteiger partial charge in [0.2, 0.25) is 5.91 Å². The summed E-state index contributed by atoms with van der Waals surface area (Å²) in [6.45, 7) is 2.24. The number of carbonyl (C=O) groups excluding carboxylic acids is 2. The molecule has 9 heteroatoms. The average Bonchev–Trinajstić information content (AvgIpc) is 2.73. The second kappa shape index (κ2) is 8.61. The first kappa shape index (κ1) is 20.6. The molecule has 2 atom stereocenters. The van der Waals surface area contributed by atoms with Crippen LogP contribution in [0.25, 0.3) is 0 Å². The van der Waals surface area contributed by atoms with Crippen molar-refractivity contribution in [3.63, 3.8) is 0 Å². The van der Waals surface area contributed by atoms with Crippen molar-refractivity contribution in [3.8, 4) is 0 Å². The van der Waals surface area contributed by atoms with Crippen molar-refractivity contribution in [2.24, 2.45) is 11.7 Å². The maximum atomic E-state index is 12.4. The van der Waals surface area contributed by atoms with Gasteiger partial charge in [-0.1, -0.05) is 42.2 Å². The molecule has 2 aliphatic rings. The number of hydrogen-bond acceptors (Lipinski definition) is 5. The molecule has 0 saturated carbocycles. The van der Waals surface area contributed by atoms with Gasteiger partial charge < -0.3 is 20.5 Å². The molecule has 1 saturated heterocycles. The quantitative estimate of drug-likeness (QED) is 0.703. The van der Waals surface area contributed by atoms with Crippen LogP contribution in [0.4, 0.5) is 5.69 Å². The van der Waals surface area contributed by atoms with Gasteiger partial charge in [-0.05, 0) is 30.5 Å². The number of thiocarbonyl (C=S) groups is 1. The average molecular weight is 443 g/mol. The minimum atomic E-state index is -0.590. The van der Waals surface area contributed by atoms with Crippen LogP contribution in [0.2, 0.25) is 0 Å². The second-order valence-electron chi connectivity index (χ2n) is 7.62. The maximum absolute atomic E-state index is 12.4. The molecular formula is C21H22N4O3S2. The normalized spacial score (nSPS) is 19.7. The summed E-state index contributed by atoms with van der Waals surface area (Å²) in [7, 11) is 0. The molecule has 2 amide bonds. The molecule has 3 heterocycles. The van der Waals surface area contributed by atoms with Crippen LogP contribution in [0.3, 0.4) is 0 Å². The van der Waals surface area contributed by atoms with Gasteiger partial charge in [0.05, 0.1) is 17.0 Å². The zero-order chi connectivity index (χ0) is 21.3. The van der Waals surface area contributed by atoms with Crippen LogP contribution in [0.1, 0.15) is 28.4 Å². The zero-order valence-electron chi connectivity index (χ0n) is 16.2. The van der Waals surface area contributed by atoms with E-state index in [4.69, 9.17) is 18.0 Å². The van der Waals surface area contributed by atoms with Crippen molar-refractivity contribution in [2.45, 2.75) is 18.9 Å². The van der Waals surface area contributed by atoms with Gasteiger partial charge in [0.1, 0.15) is 4.32 Å². The number of nitrogens with two attached hydrogens (primary N) is 1. The number of pyridine rings is 1. The lowest BCUT2D eigenvalue weighted by Gasteiger charge is -2.43. The van der Waals surface area contributed by atoms with Crippen LogP contribution in [-0.4, -0.2) is 44.4 Å². The molecule has 3 N–H and O–H groups in total. The number of hydrogen-bond donors (Lipinski definition) is 2. The fourth-order valence-electron chi connectivity index (χ4n) is 4.26. The maximum Gasteiger partial charge on any atom is 0.250 e. The van der Waals surface area contributed by atoms with Crippen LogP contribution in [0.5, 0.6) is 0 Å². The summed E-state index contributed by atoms with van der Waals surface area (Å²) >= 11 is 6.90. The Morgan fingerprint density at radius 3 is 2.73 bits per heavy atom. The van der Waals surface area contributed by atoms with Crippen molar-refractivity contribution in [1.29, 1.82) is 0 Å². The summed E-state index contributed by atoms with van der Waals surface area (Å²) in [6.07, 6.45) is 1.05. The van der Waals surface area contributed by atoms with E-state index in [-0.39, 0.29) is 28.7 Å². The van der Waals surface area contributed by atoms with Crippen LogP contribution >= 0.6 is 24.0 Å². The van der Waals surface area contributed by atoms with Crippen LogP contribution in [0, 0.1) is 5.92 Å². The highest BCUT2D eigenvalue weighted by Crippen LogP contribution is 2.36. The lowest BCUT2D eigenvalue weighted by molar-refractivity contribution is -0.113. The Labute approximate surface area is 183 Å². The number of likely N-dealkylation sites (tertiary alicyclic amines) is 1. The van der Waals surface area contributed by atoms with Gasteiger partial charge in [-0.2, -0.15) is 0 Å². The predicted octanol–water partition coefficient (Wildman–Crippen LogP) is 2.02. The molecule has 2 aromatic rings. The van der Waals surface area contributed by atoms with E-state index in [2.05, 4.69) is 10.2 Å². The number of anilines is 1. The number of nitrogens with one attached hydrogen (secondary N) is 1. The molecule has 1 fully saturated rings. The topological polar surface area (TPSA) is 97.4 Å². The monoisotopic (exact) mass is 442 g/mol. The smallest absolute Gasteiger partial charge is 0.250 e. The van der Waals surface area contributed by atoms with E-state index in [0.29, 0.717) is 22.5 Å². The van der Waals surface area contributed by atoms with E-state index in [1.165, 1.54) is 11.8 Å². The first-order valence-electron chi connectivity index (χ1n) is 9.72. The molecule has 30 heavy (non-hydrogen) atoms. The highest BCUT2D eigenvalue weighted by atomic mass is 32.2. The minimum absolute atomic E-state index is 0.0560. The van der Waals surface area contributed by atoms with Crippen LogP contribution in [0.15, 0.2) is 47.3 Å². The minimum Gasteiger partial charge on any atom is -0.366 e. The molecule has 0 spiro atoms. The number of rotatable bonds is 4. The Balaban J connectivity index is 1.36. The lowest BCUT2D eigenvalue weighted by Crippen LogP contribution is -2.48. The lowest BCUT2D eigenvalue weighted by atomic mass is 9.83. The molecule has 1 aromatic heterocycles. The van der Waals surface area contributed by atoms with Crippen LogP contribution in [-0.2, 0) is 11.3 Å². The highest BCUT2D eigenvalue weighted by molar-refractivity contribution is 8.23. The summed E-state index contributed by atoms with van der Waals surface area (Å²) in [5.74, 6) is -0.0563. The summed E-state index contributed by atoms with van der Waals surface area (Å²) in [4.78, 5) is 38.2. The first-order valence-corrected chi connectivity index (χ1v) is 11.1. The number of primary amides is 1. The molecule has 0 unspecified atom stereocenters. The number of nitrogens with zero attached hydrogens (tertiary/aromatic N) is 2. The van der Waals surface area contributed by atoms with Crippen molar-refractivity contribution in [3.05, 3.63) is 64.1 Å². The van der Waals surface area contributed by atoms with E-state index in [1.54, 1.807) is 30.3 Å². The summed E-state index contributed by atoms with van der Waals surface area (Å²) in [5.41, 5.74) is 7.15. The number of benzene rings is 1. The molecule has 2 aliphatic heterocycles. The van der Waals surface area contributed by atoms with E-state index in [1.807, 2.05) is 16.7 Å². The van der Waals surface area contributed by atoms with Gasteiger partial charge in [0.25, 0.3) is 11.5 Å². The molecule has 156 valence electrons. The van der Waals surface area contributed by atoms with Gasteiger partial charge in [-0.25, -0.2) is 0 Å². The molecule has 7 nitrogen and oxygen atoms in total. The molecule has 1 aromatic carbocycles. The number of para-hydroxylation sites is 1. The Bertz CT molecular complexity index is 1070. The summed E-state index contributed by atoms with van der Waals surface area (Å²) in [5, 5.41) is 2.73. The van der Waals surface area contributed by atoms with Gasteiger partial charge in [0.15, 0.2) is 0 Å². The second-order valence-corrected chi connectivity index (χ2v) is 9.22. The van der Waals surface area contributed by atoms with E-state index >= 15 is 0 Å². The van der Waals surface area contributed by atoms with Gasteiger partial charge in [0, 0.05) is 37.3 Å². The summed E-state index contributed by atoms with van der Waals surface area (Å²) in [6, 6.07) is 12.1. The number of carbonyl (C=O) groups is 2.